The van der Waals surface area contributed by atoms with E-state index in [-0.39, 0.29) is 12.5 Å². The topological polar surface area (TPSA) is 50.8 Å². The summed E-state index contributed by atoms with van der Waals surface area (Å²) in [7, 11) is 5.15. The second-order valence-electron chi connectivity index (χ2n) is 6.82. The number of benzene rings is 3. The Labute approximate surface area is 182 Å². The van der Waals surface area contributed by atoms with Gasteiger partial charge in [0.25, 0.3) is 0 Å². The predicted octanol–water partition coefficient (Wildman–Crippen LogP) is 4.93. The lowest BCUT2D eigenvalue weighted by Crippen LogP contribution is -2.30. The molecule has 0 aromatic heterocycles. The molecule has 0 unspecified atom stereocenters. The van der Waals surface area contributed by atoms with E-state index < -0.39 is 0 Å². The molecule has 0 aliphatic rings. The molecular weight excluding hydrogens is 396 g/mol. The van der Waals surface area contributed by atoms with Gasteiger partial charge in [0.15, 0.2) is 11.5 Å². The van der Waals surface area contributed by atoms with E-state index in [4.69, 9.17) is 9.47 Å². The first-order valence-electron chi connectivity index (χ1n) is 9.60. The number of amides is 1. The lowest BCUT2D eigenvalue weighted by atomic mass is 10.2. The van der Waals surface area contributed by atoms with Crippen molar-refractivity contribution in [2.45, 2.75) is 16.3 Å². The number of nitrogens with one attached hydrogen (secondary N) is 1. The van der Waals surface area contributed by atoms with Gasteiger partial charge in [0.2, 0.25) is 5.91 Å². The van der Waals surface area contributed by atoms with Crippen molar-refractivity contribution in [3.63, 3.8) is 0 Å². The van der Waals surface area contributed by atoms with Crippen molar-refractivity contribution >= 4 is 23.4 Å². The number of carbonyl (C=O) groups is 1. The SMILES string of the molecule is COc1ccc(CN(C)CC(=O)Nc2ccccc2Sc2ccccc2)cc1OC. The van der Waals surface area contributed by atoms with E-state index in [9.17, 15) is 4.79 Å². The summed E-state index contributed by atoms with van der Waals surface area (Å²) in [6, 6.07) is 23.7. The number of carbonyl (C=O) groups excluding carboxylic acids is 1. The van der Waals surface area contributed by atoms with Gasteiger partial charge >= 0.3 is 0 Å². The van der Waals surface area contributed by atoms with Crippen LogP contribution in [0.3, 0.4) is 0 Å². The Morgan fingerprint density at radius 2 is 1.63 bits per heavy atom. The minimum Gasteiger partial charge on any atom is -0.493 e. The molecule has 0 heterocycles. The first-order valence-corrected chi connectivity index (χ1v) is 10.4. The number of ether oxygens (including phenoxy) is 2. The van der Waals surface area contributed by atoms with Crippen molar-refractivity contribution in [3.05, 3.63) is 78.4 Å². The zero-order valence-corrected chi connectivity index (χ0v) is 18.2. The van der Waals surface area contributed by atoms with Crippen molar-refractivity contribution in [2.75, 3.05) is 33.1 Å². The Balaban J connectivity index is 1.60. The summed E-state index contributed by atoms with van der Waals surface area (Å²) in [5.74, 6) is 1.31. The van der Waals surface area contributed by atoms with Crippen LogP contribution in [0.25, 0.3) is 0 Å². The molecule has 3 aromatic carbocycles. The number of methoxy groups -OCH3 is 2. The molecule has 3 aromatic rings. The van der Waals surface area contributed by atoms with Gasteiger partial charge < -0.3 is 14.8 Å². The summed E-state index contributed by atoms with van der Waals surface area (Å²) in [4.78, 5) is 16.7. The molecule has 0 bridgehead atoms. The van der Waals surface area contributed by atoms with Crippen LogP contribution in [0.4, 0.5) is 5.69 Å². The fourth-order valence-electron chi connectivity index (χ4n) is 3.06. The number of hydrogen-bond acceptors (Lipinski definition) is 5. The zero-order chi connectivity index (χ0) is 21.3. The number of likely N-dealkylation sites (N-methyl/N-ethyl adjacent to an activating group) is 1. The molecule has 0 atom stereocenters. The number of nitrogens with zero attached hydrogens (tertiary/aromatic N) is 1. The Morgan fingerprint density at radius 3 is 2.37 bits per heavy atom. The zero-order valence-electron chi connectivity index (χ0n) is 17.4. The fourth-order valence-corrected chi connectivity index (χ4v) is 3.98. The van der Waals surface area contributed by atoms with Gasteiger partial charge in [-0.3, -0.25) is 9.69 Å². The minimum absolute atomic E-state index is 0.0564. The molecule has 156 valence electrons. The quantitative estimate of drug-likeness (QED) is 0.530. The summed E-state index contributed by atoms with van der Waals surface area (Å²) in [6.07, 6.45) is 0. The molecule has 0 radical (unpaired) electrons. The highest BCUT2D eigenvalue weighted by Gasteiger charge is 2.12. The van der Waals surface area contributed by atoms with Gasteiger partial charge in [-0.1, -0.05) is 48.2 Å². The van der Waals surface area contributed by atoms with Crippen molar-refractivity contribution in [3.8, 4) is 11.5 Å². The van der Waals surface area contributed by atoms with E-state index in [1.165, 1.54) is 0 Å². The minimum atomic E-state index is -0.0564. The molecular formula is C24H26N2O3S. The van der Waals surface area contributed by atoms with E-state index in [2.05, 4.69) is 17.4 Å². The number of rotatable bonds is 9. The van der Waals surface area contributed by atoms with Crippen LogP contribution in [0.2, 0.25) is 0 Å². The fraction of sp³-hybridized carbons (Fsp3) is 0.208. The lowest BCUT2D eigenvalue weighted by Gasteiger charge is -2.18. The first kappa shape index (κ1) is 21.7. The number of para-hydroxylation sites is 1. The van der Waals surface area contributed by atoms with E-state index >= 15 is 0 Å². The Kier molecular flexibility index (Phi) is 7.76. The van der Waals surface area contributed by atoms with Crippen molar-refractivity contribution in [1.82, 2.24) is 4.90 Å². The smallest absolute Gasteiger partial charge is 0.238 e. The molecule has 30 heavy (non-hydrogen) atoms. The van der Waals surface area contributed by atoms with Crippen molar-refractivity contribution in [1.29, 1.82) is 0 Å². The molecule has 1 amide bonds. The highest BCUT2D eigenvalue weighted by molar-refractivity contribution is 7.99. The van der Waals surface area contributed by atoms with Crippen LogP contribution < -0.4 is 14.8 Å². The molecule has 0 aliphatic heterocycles. The Morgan fingerprint density at radius 1 is 0.933 bits per heavy atom. The molecule has 1 N–H and O–H groups in total. The van der Waals surface area contributed by atoms with Crippen molar-refractivity contribution < 1.29 is 14.3 Å². The maximum absolute atomic E-state index is 12.6. The number of anilines is 1. The first-order chi connectivity index (χ1) is 14.6. The average Bonchev–Trinajstić information content (AvgIpc) is 2.75. The normalized spacial score (nSPS) is 10.7. The van der Waals surface area contributed by atoms with Gasteiger partial charge in [-0.15, -0.1) is 0 Å². The van der Waals surface area contributed by atoms with Crippen LogP contribution in [0.15, 0.2) is 82.6 Å². The van der Waals surface area contributed by atoms with Crippen LogP contribution in [0.5, 0.6) is 11.5 Å². The highest BCUT2D eigenvalue weighted by Crippen LogP contribution is 2.33. The van der Waals surface area contributed by atoms with Crippen molar-refractivity contribution in [2.24, 2.45) is 0 Å². The monoisotopic (exact) mass is 422 g/mol. The largest absolute Gasteiger partial charge is 0.493 e. The van der Waals surface area contributed by atoms with E-state index in [0.29, 0.717) is 18.0 Å². The van der Waals surface area contributed by atoms with Crippen LogP contribution in [-0.2, 0) is 11.3 Å². The molecule has 5 nitrogen and oxygen atoms in total. The number of hydrogen-bond donors (Lipinski definition) is 1. The predicted molar refractivity (Wildman–Crippen MR) is 122 cm³/mol. The summed E-state index contributed by atoms with van der Waals surface area (Å²) in [5, 5.41) is 3.04. The lowest BCUT2D eigenvalue weighted by molar-refractivity contribution is -0.117. The van der Waals surface area contributed by atoms with Gasteiger partial charge in [-0.2, -0.15) is 0 Å². The van der Waals surface area contributed by atoms with E-state index in [1.54, 1.807) is 26.0 Å². The summed E-state index contributed by atoms with van der Waals surface area (Å²) < 4.78 is 10.6. The summed E-state index contributed by atoms with van der Waals surface area (Å²) in [5.41, 5.74) is 1.86. The molecule has 0 fully saturated rings. The second kappa shape index (κ2) is 10.7. The second-order valence-corrected chi connectivity index (χ2v) is 7.94. The van der Waals surface area contributed by atoms with Crippen LogP contribution >= 0.6 is 11.8 Å². The standard InChI is InChI=1S/C24H26N2O3S/c1-26(16-18-13-14-21(28-2)22(15-18)29-3)17-24(27)25-20-11-7-8-12-23(20)30-19-9-5-4-6-10-19/h4-15H,16-17H2,1-3H3,(H,25,27). The highest BCUT2D eigenvalue weighted by atomic mass is 32.2. The molecule has 6 heteroatoms. The maximum atomic E-state index is 12.6. The molecule has 0 aliphatic carbocycles. The van der Waals surface area contributed by atoms with Gasteiger partial charge in [0, 0.05) is 16.3 Å². The van der Waals surface area contributed by atoms with Gasteiger partial charge in [-0.25, -0.2) is 0 Å². The molecule has 3 rings (SSSR count). The van der Waals surface area contributed by atoms with E-state index in [0.717, 1.165) is 21.0 Å². The van der Waals surface area contributed by atoms with Crippen LogP contribution in [0, 0.1) is 0 Å². The third kappa shape index (κ3) is 6.02. The summed E-state index contributed by atoms with van der Waals surface area (Å²) >= 11 is 1.63. The molecule has 0 saturated heterocycles. The maximum Gasteiger partial charge on any atom is 0.238 e. The van der Waals surface area contributed by atoms with Crippen LogP contribution in [-0.4, -0.2) is 38.6 Å². The Hall–Kier alpha value is -2.96. The van der Waals surface area contributed by atoms with Gasteiger partial charge in [0.05, 0.1) is 26.5 Å². The summed E-state index contributed by atoms with van der Waals surface area (Å²) in [6.45, 7) is 0.896. The van der Waals surface area contributed by atoms with Crippen LogP contribution in [0.1, 0.15) is 5.56 Å². The third-order valence-corrected chi connectivity index (χ3v) is 5.53. The van der Waals surface area contributed by atoms with E-state index in [1.807, 2.05) is 72.6 Å². The molecule has 0 saturated carbocycles. The van der Waals surface area contributed by atoms with Gasteiger partial charge in [-0.05, 0) is 49.0 Å². The molecule has 0 spiro atoms. The van der Waals surface area contributed by atoms with Gasteiger partial charge in [0.1, 0.15) is 0 Å². The Bertz CT molecular complexity index is 979. The third-order valence-electron chi connectivity index (χ3n) is 4.45. The average molecular weight is 423 g/mol.